The van der Waals surface area contributed by atoms with E-state index in [0.717, 1.165) is 29.0 Å². The molecular formula is C12H16N2OS. The summed E-state index contributed by atoms with van der Waals surface area (Å²) in [5.74, 6) is 0.455. The molecule has 1 aromatic carbocycles. The molecular weight excluding hydrogens is 220 g/mol. The topological polar surface area (TPSA) is 29.9 Å². The first-order valence-corrected chi connectivity index (χ1v) is 5.79. The molecule has 1 aromatic heterocycles. The third kappa shape index (κ3) is 2.18. The maximum absolute atomic E-state index is 5.32. The van der Waals surface area contributed by atoms with E-state index in [-0.39, 0.29) is 0 Å². The number of H-pyrrole nitrogens is 1. The van der Waals surface area contributed by atoms with Crippen molar-refractivity contribution in [3.63, 3.8) is 0 Å². The maximum atomic E-state index is 5.32. The van der Waals surface area contributed by atoms with Crippen molar-refractivity contribution in [3.8, 4) is 0 Å². The highest BCUT2D eigenvalue weighted by Crippen LogP contribution is 2.15. The fourth-order valence-corrected chi connectivity index (χ4v) is 2.22. The van der Waals surface area contributed by atoms with E-state index in [4.69, 9.17) is 17.0 Å². The van der Waals surface area contributed by atoms with Crippen LogP contribution in [0.1, 0.15) is 6.92 Å². The molecule has 0 spiro atoms. The van der Waals surface area contributed by atoms with Crippen LogP contribution in [0, 0.1) is 10.7 Å². The van der Waals surface area contributed by atoms with Gasteiger partial charge in [-0.15, -0.1) is 0 Å². The maximum Gasteiger partial charge on any atom is 0.178 e. The highest BCUT2D eigenvalue weighted by Gasteiger charge is 2.07. The molecule has 2 aromatic rings. The van der Waals surface area contributed by atoms with Crippen LogP contribution in [-0.2, 0) is 11.3 Å². The minimum atomic E-state index is 0.455. The Bertz CT molecular complexity index is 529. The molecule has 0 aliphatic heterocycles. The number of imidazole rings is 1. The first-order valence-electron chi connectivity index (χ1n) is 5.39. The van der Waals surface area contributed by atoms with Gasteiger partial charge in [0.2, 0.25) is 0 Å². The van der Waals surface area contributed by atoms with Gasteiger partial charge in [0, 0.05) is 13.7 Å². The van der Waals surface area contributed by atoms with Crippen LogP contribution in [0.2, 0.25) is 0 Å². The molecule has 16 heavy (non-hydrogen) atoms. The van der Waals surface area contributed by atoms with Crippen molar-refractivity contribution < 1.29 is 4.74 Å². The number of para-hydroxylation sites is 2. The number of hydrogen-bond acceptors (Lipinski definition) is 2. The predicted octanol–water partition coefficient (Wildman–Crippen LogP) is 2.98. The van der Waals surface area contributed by atoms with E-state index in [1.54, 1.807) is 7.11 Å². The number of fused-ring (bicyclic) bond motifs is 1. The van der Waals surface area contributed by atoms with Crippen molar-refractivity contribution >= 4 is 23.3 Å². The smallest absolute Gasteiger partial charge is 0.178 e. The van der Waals surface area contributed by atoms with Crippen LogP contribution in [0.3, 0.4) is 0 Å². The number of ether oxygens (including phenoxy) is 1. The lowest BCUT2D eigenvalue weighted by Crippen LogP contribution is -2.12. The molecule has 1 heterocycles. The summed E-state index contributed by atoms with van der Waals surface area (Å²) in [7, 11) is 1.73. The zero-order chi connectivity index (χ0) is 11.5. The van der Waals surface area contributed by atoms with Crippen molar-refractivity contribution in [1.29, 1.82) is 0 Å². The van der Waals surface area contributed by atoms with E-state index < -0.39 is 0 Å². The highest BCUT2D eigenvalue weighted by atomic mass is 32.1. The van der Waals surface area contributed by atoms with Gasteiger partial charge < -0.3 is 14.3 Å². The fraction of sp³-hybridized carbons (Fsp3) is 0.417. The van der Waals surface area contributed by atoms with Gasteiger partial charge in [0.1, 0.15) is 0 Å². The number of methoxy groups -OCH3 is 1. The van der Waals surface area contributed by atoms with Crippen molar-refractivity contribution in [2.45, 2.75) is 13.5 Å². The molecule has 0 bridgehead atoms. The minimum absolute atomic E-state index is 0.455. The van der Waals surface area contributed by atoms with Crippen molar-refractivity contribution in [1.82, 2.24) is 9.55 Å². The average Bonchev–Trinajstić information content (AvgIpc) is 2.56. The SMILES string of the molecule is COCC(C)Cn1c(=S)[nH]c2ccccc21. The Kier molecular flexibility index (Phi) is 3.41. The molecule has 1 atom stereocenters. The Hall–Kier alpha value is -1.13. The number of benzene rings is 1. The van der Waals surface area contributed by atoms with Crippen LogP contribution in [0.5, 0.6) is 0 Å². The Morgan fingerprint density at radius 2 is 2.19 bits per heavy atom. The predicted molar refractivity (Wildman–Crippen MR) is 68.2 cm³/mol. The van der Waals surface area contributed by atoms with Gasteiger partial charge >= 0.3 is 0 Å². The second kappa shape index (κ2) is 4.80. The van der Waals surface area contributed by atoms with Gasteiger partial charge in [0.15, 0.2) is 4.77 Å². The Balaban J connectivity index is 2.36. The molecule has 86 valence electrons. The monoisotopic (exact) mass is 236 g/mol. The van der Waals surface area contributed by atoms with E-state index in [9.17, 15) is 0 Å². The molecule has 1 N–H and O–H groups in total. The zero-order valence-electron chi connectivity index (χ0n) is 9.56. The largest absolute Gasteiger partial charge is 0.384 e. The summed E-state index contributed by atoms with van der Waals surface area (Å²) >= 11 is 5.32. The second-order valence-electron chi connectivity index (χ2n) is 4.12. The lowest BCUT2D eigenvalue weighted by atomic mass is 10.2. The normalized spacial score (nSPS) is 13.1. The summed E-state index contributed by atoms with van der Waals surface area (Å²) < 4.78 is 8.06. The number of aromatic nitrogens is 2. The summed E-state index contributed by atoms with van der Waals surface area (Å²) in [6, 6.07) is 8.17. The van der Waals surface area contributed by atoms with Gasteiger partial charge in [0.05, 0.1) is 17.6 Å². The van der Waals surface area contributed by atoms with E-state index in [0.29, 0.717) is 5.92 Å². The summed E-state index contributed by atoms with van der Waals surface area (Å²) in [6.07, 6.45) is 0. The van der Waals surface area contributed by atoms with Gasteiger partial charge in [-0.2, -0.15) is 0 Å². The highest BCUT2D eigenvalue weighted by molar-refractivity contribution is 7.71. The first kappa shape index (κ1) is 11.4. The zero-order valence-corrected chi connectivity index (χ0v) is 10.4. The van der Waals surface area contributed by atoms with Gasteiger partial charge in [-0.1, -0.05) is 19.1 Å². The third-order valence-electron chi connectivity index (χ3n) is 2.63. The third-order valence-corrected chi connectivity index (χ3v) is 2.95. The summed E-state index contributed by atoms with van der Waals surface area (Å²) in [5.41, 5.74) is 2.26. The Morgan fingerprint density at radius 1 is 1.44 bits per heavy atom. The van der Waals surface area contributed by atoms with Crippen LogP contribution >= 0.6 is 12.2 Å². The van der Waals surface area contributed by atoms with Crippen LogP contribution in [0.15, 0.2) is 24.3 Å². The molecule has 0 saturated carbocycles. The fourth-order valence-electron chi connectivity index (χ4n) is 1.94. The van der Waals surface area contributed by atoms with Crippen LogP contribution < -0.4 is 0 Å². The molecule has 0 fully saturated rings. The van der Waals surface area contributed by atoms with Crippen LogP contribution in [0.25, 0.3) is 11.0 Å². The van der Waals surface area contributed by atoms with Crippen molar-refractivity contribution in [2.75, 3.05) is 13.7 Å². The van der Waals surface area contributed by atoms with Crippen LogP contribution in [0.4, 0.5) is 0 Å². The van der Waals surface area contributed by atoms with E-state index >= 15 is 0 Å². The second-order valence-corrected chi connectivity index (χ2v) is 4.51. The van der Waals surface area contributed by atoms with Crippen molar-refractivity contribution in [3.05, 3.63) is 29.0 Å². The first-order chi connectivity index (χ1) is 7.72. The van der Waals surface area contributed by atoms with E-state index in [1.807, 2.05) is 18.2 Å². The molecule has 0 radical (unpaired) electrons. The molecule has 1 unspecified atom stereocenters. The lowest BCUT2D eigenvalue weighted by molar-refractivity contribution is 0.152. The molecule has 0 saturated heterocycles. The number of hydrogen-bond donors (Lipinski definition) is 1. The summed E-state index contributed by atoms with van der Waals surface area (Å²) in [4.78, 5) is 3.21. The van der Waals surface area contributed by atoms with E-state index in [2.05, 4.69) is 22.5 Å². The average molecular weight is 236 g/mol. The summed E-state index contributed by atoms with van der Waals surface area (Å²) in [5, 5.41) is 0. The van der Waals surface area contributed by atoms with Gasteiger partial charge in [-0.3, -0.25) is 0 Å². The lowest BCUT2D eigenvalue weighted by Gasteiger charge is -2.11. The Labute approximate surface area is 100 Å². The molecule has 3 nitrogen and oxygen atoms in total. The molecule has 4 heteroatoms. The van der Waals surface area contributed by atoms with Gasteiger partial charge in [-0.05, 0) is 30.3 Å². The number of nitrogens with zero attached hydrogens (tertiary/aromatic N) is 1. The van der Waals surface area contributed by atoms with Crippen LogP contribution in [-0.4, -0.2) is 23.3 Å². The van der Waals surface area contributed by atoms with Gasteiger partial charge in [-0.25, -0.2) is 0 Å². The van der Waals surface area contributed by atoms with E-state index in [1.165, 1.54) is 0 Å². The molecule has 0 aliphatic rings. The quantitative estimate of drug-likeness (QED) is 0.827. The Morgan fingerprint density at radius 3 is 2.94 bits per heavy atom. The number of rotatable bonds is 4. The summed E-state index contributed by atoms with van der Waals surface area (Å²) in [6.45, 7) is 3.80. The minimum Gasteiger partial charge on any atom is -0.384 e. The van der Waals surface area contributed by atoms with Crippen molar-refractivity contribution in [2.24, 2.45) is 5.92 Å². The molecule has 0 amide bonds. The molecule has 0 aliphatic carbocycles. The number of aromatic amines is 1. The number of nitrogens with one attached hydrogen (secondary N) is 1. The van der Waals surface area contributed by atoms with Gasteiger partial charge in [0.25, 0.3) is 0 Å². The standard InChI is InChI=1S/C12H16N2OS/c1-9(8-15-2)7-14-11-6-4-3-5-10(11)13-12(14)16/h3-6,9H,7-8H2,1-2H3,(H,13,16). The molecule has 2 rings (SSSR count).